The van der Waals surface area contributed by atoms with E-state index in [1.54, 1.807) is 31.2 Å². The van der Waals surface area contributed by atoms with E-state index in [2.05, 4.69) is 10.1 Å². The van der Waals surface area contributed by atoms with Crippen molar-refractivity contribution in [2.45, 2.75) is 26.1 Å². The van der Waals surface area contributed by atoms with Crippen LogP contribution in [0.5, 0.6) is 0 Å². The van der Waals surface area contributed by atoms with Crippen molar-refractivity contribution in [1.82, 2.24) is 4.98 Å². The molecular formula is C28H22F2N2O5. The van der Waals surface area contributed by atoms with Gasteiger partial charge >= 0.3 is 12.3 Å². The van der Waals surface area contributed by atoms with Crippen LogP contribution in [0.15, 0.2) is 78.3 Å². The van der Waals surface area contributed by atoms with E-state index in [-0.39, 0.29) is 28.9 Å². The number of hydrogen-bond acceptors (Lipinski definition) is 5. The lowest BCUT2D eigenvalue weighted by Gasteiger charge is -2.30. The molecule has 2 atom stereocenters. The van der Waals surface area contributed by atoms with Crippen LogP contribution in [0, 0.1) is 17.3 Å². The van der Waals surface area contributed by atoms with Gasteiger partial charge in [0.25, 0.3) is 0 Å². The van der Waals surface area contributed by atoms with Crippen molar-refractivity contribution >= 4 is 28.5 Å². The lowest BCUT2D eigenvalue weighted by atomic mass is 9.75. The van der Waals surface area contributed by atoms with Gasteiger partial charge in [0.15, 0.2) is 11.5 Å². The van der Waals surface area contributed by atoms with Gasteiger partial charge in [0.2, 0.25) is 5.91 Å². The Hall–Kier alpha value is -4.27. The molecule has 2 N–H and O–H groups in total. The fourth-order valence-electron chi connectivity index (χ4n) is 5.34. The van der Waals surface area contributed by atoms with E-state index in [1.165, 1.54) is 18.2 Å². The van der Waals surface area contributed by atoms with Crippen molar-refractivity contribution in [2.24, 2.45) is 17.3 Å². The maximum absolute atomic E-state index is 13.6. The van der Waals surface area contributed by atoms with Gasteiger partial charge < -0.3 is 19.9 Å². The first-order valence-electron chi connectivity index (χ1n) is 11.9. The monoisotopic (exact) mass is 504 g/mol. The zero-order valence-corrected chi connectivity index (χ0v) is 19.7. The average Bonchev–Trinajstić information content (AvgIpc) is 3.61. The van der Waals surface area contributed by atoms with Crippen molar-refractivity contribution < 1.29 is 33.0 Å². The van der Waals surface area contributed by atoms with Gasteiger partial charge in [-0.1, -0.05) is 49.4 Å². The third-order valence-corrected chi connectivity index (χ3v) is 7.37. The molecule has 2 aromatic carbocycles. The minimum Gasteiger partial charge on any atom is -0.478 e. The number of nitrogens with one attached hydrogen (secondary N) is 1. The Morgan fingerprint density at radius 2 is 1.81 bits per heavy atom. The molecule has 1 fully saturated rings. The summed E-state index contributed by atoms with van der Waals surface area (Å²) in [7, 11) is 0. The van der Waals surface area contributed by atoms with Crippen LogP contribution in [0.1, 0.15) is 30.1 Å². The van der Waals surface area contributed by atoms with Crippen LogP contribution >= 0.6 is 0 Å². The molecule has 0 bridgehead atoms. The second kappa shape index (κ2) is 8.12. The second-order valence-electron chi connectivity index (χ2n) is 9.64. The third kappa shape index (κ3) is 3.91. The van der Waals surface area contributed by atoms with Gasteiger partial charge in [-0.3, -0.25) is 4.79 Å². The second-order valence-corrected chi connectivity index (χ2v) is 9.64. The van der Waals surface area contributed by atoms with Gasteiger partial charge in [-0.2, -0.15) is 0 Å². The molecule has 2 unspecified atom stereocenters. The number of ether oxygens (including phenoxy) is 2. The first-order valence-corrected chi connectivity index (χ1v) is 11.9. The third-order valence-electron chi connectivity index (χ3n) is 7.37. The number of hydrogen-bond donors (Lipinski definition) is 2. The SMILES string of the molecule is CC1C2=C(C=CC1C1(C(=O)Nc3cc4ccccc4c(-c4ccc(C(=O)O)cc4)n3)CC1)OC(F)(F)O2. The molecule has 188 valence electrons. The van der Waals surface area contributed by atoms with Crippen molar-refractivity contribution in [1.29, 1.82) is 0 Å². The summed E-state index contributed by atoms with van der Waals surface area (Å²) < 4.78 is 36.6. The standard InChI is InChI=1S/C28H22F2N2O5/c1-15-20(10-11-21-24(15)37-28(29,30)36-21)27(12-13-27)26(35)32-22-14-18-4-2-3-5-19(18)23(31-22)16-6-8-17(9-7-16)25(33)34/h2-11,14-15,20H,12-13H2,1H3,(H,33,34)(H,31,32,35). The molecule has 0 saturated heterocycles. The summed E-state index contributed by atoms with van der Waals surface area (Å²) in [5, 5.41) is 13.9. The van der Waals surface area contributed by atoms with E-state index < -0.39 is 23.6 Å². The highest BCUT2D eigenvalue weighted by Crippen LogP contribution is 2.59. The average molecular weight is 504 g/mol. The summed E-state index contributed by atoms with van der Waals surface area (Å²) in [6.07, 6.45) is 0.723. The Labute approximate surface area is 210 Å². The molecule has 0 radical (unpaired) electrons. The van der Waals surface area contributed by atoms with Gasteiger partial charge in [0.05, 0.1) is 16.7 Å². The van der Waals surface area contributed by atoms with Gasteiger partial charge in [-0.25, -0.2) is 9.78 Å². The minimum absolute atomic E-state index is 0.000266. The Morgan fingerprint density at radius 3 is 2.51 bits per heavy atom. The number of carbonyl (C=O) groups excluding carboxylic acids is 1. The highest BCUT2D eigenvalue weighted by Gasteiger charge is 2.59. The van der Waals surface area contributed by atoms with E-state index in [0.717, 1.165) is 10.8 Å². The van der Waals surface area contributed by atoms with E-state index in [4.69, 9.17) is 9.72 Å². The first kappa shape index (κ1) is 23.1. The van der Waals surface area contributed by atoms with Gasteiger partial charge in [0, 0.05) is 22.8 Å². The van der Waals surface area contributed by atoms with Crippen LogP contribution < -0.4 is 5.32 Å². The number of fused-ring (bicyclic) bond motifs is 1. The number of carbonyl (C=O) groups is 2. The van der Waals surface area contributed by atoms with E-state index in [1.807, 2.05) is 24.3 Å². The highest BCUT2D eigenvalue weighted by molar-refractivity contribution is 6.01. The first-order chi connectivity index (χ1) is 17.7. The molecule has 3 aliphatic rings. The van der Waals surface area contributed by atoms with E-state index >= 15 is 0 Å². The fraction of sp³-hybridized carbons (Fsp3) is 0.250. The van der Waals surface area contributed by atoms with Crippen LogP contribution in [-0.4, -0.2) is 28.3 Å². The lowest BCUT2D eigenvalue weighted by molar-refractivity contribution is -0.338. The molecule has 9 heteroatoms. The molecule has 3 aromatic rings. The zero-order chi connectivity index (χ0) is 25.9. The predicted octanol–water partition coefficient (Wildman–Crippen LogP) is 5.95. The number of aromatic nitrogens is 1. The maximum Gasteiger partial charge on any atom is 0.585 e. The van der Waals surface area contributed by atoms with Crippen LogP contribution in [0.2, 0.25) is 0 Å². The minimum atomic E-state index is -3.70. The van der Waals surface area contributed by atoms with Crippen molar-refractivity contribution in [3.05, 3.63) is 83.8 Å². The molecule has 1 aliphatic heterocycles. The number of aromatic carboxylic acids is 1. The summed E-state index contributed by atoms with van der Waals surface area (Å²) >= 11 is 0. The maximum atomic E-state index is 13.6. The van der Waals surface area contributed by atoms with Crippen LogP contribution in [0.3, 0.4) is 0 Å². The molecular weight excluding hydrogens is 482 g/mol. The topological polar surface area (TPSA) is 97.8 Å². The van der Waals surface area contributed by atoms with Crippen LogP contribution in [-0.2, 0) is 14.3 Å². The Morgan fingerprint density at radius 1 is 1.08 bits per heavy atom. The van der Waals surface area contributed by atoms with Crippen molar-refractivity contribution in [2.75, 3.05) is 5.32 Å². The Balaban J connectivity index is 1.30. The number of alkyl halides is 2. The number of rotatable bonds is 5. The summed E-state index contributed by atoms with van der Waals surface area (Å²) in [4.78, 5) is 29.6. The molecule has 1 aromatic heterocycles. The number of carboxylic acids is 1. The number of pyridine rings is 1. The van der Waals surface area contributed by atoms with Gasteiger partial charge in [-0.15, -0.1) is 8.78 Å². The number of carboxylic acid groups (broad SMARTS) is 1. The molecule has 1 saturated carbocycles. The van der Waals surface area contributed by atoms with E-state index in [9.17, 15) is 23.5 Å². The normalized spacial score (nSPS) is 22.7. The van der Waals surface area contributed by atoms with Crippen LogP contribution in [0.4, 0.5) is 14.6 Å². The molecule has 2 aliphatic carbocycles. The van der Waals surface area contributed by atoms with Crippen molar-refractivity contribution in [3.8, 4) is 11.3 Å². The molecule has 7 nitrogen and oxygen atoms in total. The number of amides is 1. The quantitative estimate of drug-likeness (QED) is 0.446. The number of anilines is 1. The van der Waals surface area contributed by atoms with Gasteiger partial charge in [-0.05, 0) is 42.5 Å². The fourth-order valence-corrected chi connectivity index (χ4v) is 5.34. The molecule has 1 amide bonds. The Bertz CT molecular complexity index is 1510. The number of benzene rings is 2. The molecule has 6 rings (SSSR count). The number of halogens is 2. The molecule has 37 heavy (non-hydrogen) atoms. The van der Waals surface area contributed by atoms with Gasteiger partial charge in [0.1, 0.15) is 5.82 Å². The Kier molecular flexibility index (Phi) is 5.08. The summed E-state index contributed by atoms with van der Waals surface area (Å²) in [6.45, 7) is 1.76. The summed E-state index contributed by atoms with van der Waals surface area (Å²) in [5.74, 6) is -1.65. The largest absolute Gasteiger partial charge is 0.585 e. The van der Waals surface area contributed by atoms with Crippen molar-refractivity contribution in [3.63, 3.8) is 0 Å². The molecule has 2 heterocycles. The highest BCUT2D eigenvalue weighted by atomic mass is 19.3. The predicted molar refractivity (Wildman–Crippen MR) is 130 cm³/mol. The zero-order valence-electron chi connectivity index (χ0n) is 19.7. The number of nitrogens with zero attached hydrogens (tertiary/aromatic N) is 1. The van der Waals surface area contributed by atoms with Crippen LogP contribution in [0.25, 0.3) is 22.0 Å². The molecule has 0 spiro atoms. The van der Waals surface area contributed by atoms with E-state index in [0.29, 0.717) is 29.9 Å². The lowest BCUT2D eigenvalue weighted by Crippen LogP contribution is -2.35. The smallest absolute Gasteiger partial charge is 0.478 e. The summed E-state index contributed by atoms with van der Waals surface area (Å²) in [5.41, 5.74) is 0.706. The summed E-state index contributed by atoms with van der Waals surface area (Å²) in [6, 6.07) is 15.8. The number of allylic oxidation sites excluding steroid dienone is 3.